The van der Waals surface area contributed by atoms with Crippen molar-refractivity contribution in [2.45, 2.75) is 263 Å². The summed E-state index contributed by atoms with van der Waals surface area (Å²) < 4.78 is 122. The molecule has 4 aromatic carbocycles. The highest BCUT2D eigenvalue weighted by atomic mass is 32.1. The molecule has 0 N–H and O–H groups in total. The molecule has 5 saturated carbocycles. The van der Waals surface area contributed by atoms with Crippen LogP contribution in [0.25, 0.3) is 32.0 Å². The Morgan fingerprint density at radius 3 is 1.18 bits per heavy atom. The van der Waals surface area contributed by atoms with Crippen molar-refractivity contribution in [2.24, 2.45) is 35.5 Å². The molecule has 2 aromatic heterocycles. The number of nitrogens with zero attached hydrogens (tertiary/aromatic N) is 1. The van der Waals surface area contributed by atoms with E-state index in [0.29, 0.717) is 180 Å². The van der Waals surface area contributed by atoms with Crippen LogP contribution in [0.1, 0.15) is 249 Å². The molecule has 0 amide bonds. The Bertz CT molecular complexity index is 4860. The fourth-order valence-electron chi connectivity index (χ4n) is 16.5. The van der Waals surface area contributed by atoms with Gasteiger partial charge in [0.1, 0.15) is 44.8 Å². The molecule has 0 saturated heterocycles. The van der Waals surface area contributed by atoms with Crippen molar-refractivity contribution >= 4 is 104 Å². The second-order valence-electron chi connectivity index (χ2n) is 35.4. The van der Waals surface area contributed by atoms with Crippen LogP contribution in [-0.4, -0.2) is 196 Å². The highest BCUT2D eigenvalue weighted by molar-refractivity contribution is 7.22. The second-order valence-corrected chi connectivity index (χ2v) is 36.4. The lowest BCUT2D eigenvalue weighted by Gasteiger charge is -2.27. The van der Waals surface area contributed by atoms with Crippen LogP contribution in [-0.2, 0) is 105 Å². The molecule has 2 heterocycles. The Balaban J connectivity index is 0.000000276. The summed E-state index contributed by atoms with van der Waals surface area (Å²) in [6.45, 7) is 23.4. The van der Waals surface area contributed by atoms with Crippen LogP contribution >= 0.6 is 11.3 Å². The van der Waals surface area contributed by atoms with Crippen LogP contribution in [0.4, 0.5) is 13.6 Å². The highest BCUT2D eigenvalue weighted by Crippen LogP contribution is 2.44. The van der Waals surface area contributed by atoms with Crippen molar-refractivity contribution in [3.05, 3.63) is 159 Å². The molecule has 11 rings (SSSR count). The summed E-state index contributed by atoms with van der Waals surface area (Å²) >= 11 is 1.10. The zero-order valence-electron chi connectivity index (χ0n) is 84.7. The number of ketones is 2. The van der Waals surface area contributed by atoms with E-state index in [-0.39, 0.29) is 119 Å². The first-order chi connectivity index (χ1) is 69.6. The molecule has 0 aliphatic heterocycles. The third-order valence-electron chi connectivity index (χ3n) is 25.2. The average Bonchev–Trinajstić information content (AvgIpc) is 1.61. The number of rotatable bonds is 50. The molecule has 5 aliphatic rings. The first kappa shape index (κ1) is 121. The third kappa shape index (κ3) is 46.9. The largest absolute Gasteiger partial charge is 0.513 e. The highest BCUT2D eigenvalue weighted by Gasteiger charge is 2.35. The summed E-state index contributed by atoms with van der Waals surface area (Å²) in [5, 5.41) is 0.512. The van der Waals surface area contributed by atoms with Crippen molar-refractivity contribution in [2.75, 3.05) is 95.0 Å². The molecule has 792 valence electrons. The van der Waals surface area contributed by atoms with Gasteiger partial charge in [-0.05, 0) is 285 Å². The lowest BCUT2D eigenvalue weighted by atomic mass is 9.80. The minimum atomic E-state index is -0.851. The summed E-state index contributed by atoms with van der Waals surface area (Å²) in [4.78, 5) is 143. The van der Waals surface area contributed by atoms with Crippen LogP contribution in [0.2, 0.25) is 0 Å². The quantitative estimate of drug-likeness (QED) is 0.00854. The van der Waals surface area contributed by atoms with Crippen LogP contribution in [0, 0.1) is 47.1 Å². The van der Waals surface area contributed by atoms with Gasteiger partial charge < -0.3 is 84.9 Å². The Kier molecular flexibility index (Phi) is 58.7. The number of benzene rings is 4. The number of carbonyl (C=O) groups excluding carboxylic acids is 12. The maximum absolute atomic E-state index is 14.4. The molecular weight excluding hydrogens is 1890 g/mol. The van der Waals surface area contributed by atoms with Gasteiger partial charge in [-0.15, -0.1) is 11.3 Å². The van der Waals surface area contributed by atoms with Gasteiger partial charge in [0.15, 0.2) is 33.7 Å². The van der Waals surface area contributed by atoms with Crippen LogP contribution in [0.15, 0.2) is 147 Å². The normalized spacial score (nSPS) is 18.7. The van der Waals surface area contributed by atoms with Crippen LogP contribution < -0.4 is 23.7 Å². The van der Waals surface area contributed by atoms with Crippen molar-refractivity contribution in [3.8, 4) is 39.5 Å². The third-order valence-corrected chi connectivity index (χ3v) is 26.3. The van der Waals surface area contributed by atoms with Crippen molar-refractivity contribution < 1.29 is 151 Å². The number of halogens is 2. The summed E-state index contributed by atoms with van der Waals surface area (Å²) in [5.74, 6) is -2.25. The minimum Gasteiger partial charge on any atom is -0.497 e. The Labute approximate surface area is 848 Å². The number of aromatic nitrogens is 1. The number of thiazole rings is 1. The minimum absolute atomic E-state index is 0.0139. The van der Waals surface area contributed by atoms with E-state index in [1.165, 1.54) is 69.2 Å². The van der Waals surface area contributed by atoms with E-state index in [4.69, 9.17) is 84.9 Å². The van der Waals surface area contributed by atoms with Gasteiger partial charge in [0.25, 0.3) is 0 Å². The smallest absolute Gasteiger partial charge is 0.497 e. The molecule has 0 radical (unpaired) electrons. The predicted molar refractivity (Wildman–Crippen MR) is 537 cm³/mol. The van der Waals surface area contributed by atoms with E-state index in [9.17, 15) is 66.3 Å². The van der Waals surface area contributed by atoms with Gasteiger partial charge in [-0.1, -0.05) is 65.0 Å². The van der Waals surface area contributed by atoms with Gasteiger partial charge in [-0.3, -0.25) is 24.0 Å². The summed E-state index contributed by atoms with van der Waals surface area (Å²) in [6.07, 6.45) is 38.5. The van der Waals surface area contributed by atoms with E-state index in [1.807, 2.05) is 7.11 Å². The second kappa shape index (κ2) is 70.0. The first-order valence-corrected chi connectivity index (χ1v) is 50.8. The topological polar surface area (TPSA) is 388 Å². The molecule has 5 fully saturated rings. The van der Waals surface area contributed by atoms with E-state index in [1.54, 1.807) is 96.9 Å². The van der Waals surface area contributed by atoms with E-state index in [2.05, 4.69) is 37.9 Å². The van der Waals surface area contributed by atoms with E-state index in [0.717, 1.165) is 144 Å². The summed E-state index contributed by atoms with van der Waals surface area (Å²) in [7, 11) is 8.44. The van der Waals surface area contributed by atoms with Crippen molar-refractivity contribution in [1.29, 1.82) is 0 Å². The first-order valence-electron chi connectivity index (χ1n) is 50.0. The molecule has 0 atom stereocenters. The van der Waals surface area contributed by atoms with Gasteiger partial charge in [0, 0.05) is 81.6 Å². The van der Waals surface area contributed by atoms with Gasteiger partial charge in [-0.2, -0.15) is 0 Å². The zero-order chi connectivity index (χ0) is 105. The number of hydrogen-bond donors (Lipinski definition) is 0. The Hall–Kier alpha value is -11.9. The zero-order valence-corrected chi connectivity index (χ0v) is 85.5. The maximum atomic E-state index is 14.4. The van der Waals surface area contributed by atoms with Gasteiger partial charge in [0.2, 0.25) is 0 Å². The number of esters is 9. The Morgan fingerprint density at radius 2 is 0.736 bits per heavy atom. The molecule has 0 unspecified atom stereocenters. The molecule has 6 aromatic rings. The van der Waals surface area contributed by atoms with Crippen molar-refractivity contribution in [3.63, 3.8) is 0 Å². The fourth-order valence-corrected chi connectivity index (χ4v) is 17.5. The molecule has 0 bridgehead atoms. The maximum Gasteiger partial charge on any atom is 0.513 e. The number of ether oxygens (including phenoxy) is 17. The van der Waals surface area contributed by atoms with E-state index < -0.39 is 47.6 Å². The van der Waals surface area contributed by atoms with Gasteiger partial charge in [-0.25, -0.2) is 47.3 Å². The van der Waals surface area contributed by atoms with Gasteiger partial charge >= 0.3 is 59.9 Å². The molecular formula is C110H147F2NO30S. The monoisotopic (exact) mass is 2030 g/mol. The summed E-state index contributed by atoms with van der Waals surface area (Å²) in [6, 6.07) is 19.7. The van der Waals surface area contributed by atoms with E-state index >= 15 is 0 Å². The Morgan fingerprint density at radius 1 is 0.375 bits per heavy atom. The average molecular weight is 2030 g/mol. The van der Waals surface area contributed by atoms with Crippen LogP contribution in [0.5, 0.6) is 28.7 Å². The lowest BCUT2D eigenvalue weighted by molar-refractivity contribution is -0.151. The SMILES string of the molecule is C=CC(=O)OCCCCCCC1CCC(OC)CC1.C=CC(=O)OCCCCCCOC1CCC(OC)CC1.C=CC(=O)OCCCCOC(=O)C1CCC(OC)CC1.C=CC(=O)OCCCCOC(=O)Oc1ccc(OC)cc1.C=CC(=O)OCCCCOC(=O)c1ccc(OC)cc1.CC(=O)C1CCC(C(=O)Oc2ccc(OC(=O)C3CCC(C(C)=O)CC3)c3sc(-c4cc5cc(F)cc(F)c5o4)nc23)CC1. The molecule has 0 spiro atoms. The molecule has 5 aliphatic carbocycles. The molecule has 144 heavy (non-hydrogen) atoms. The number of hydrogen-bond acceptors (Lipinski definition) is 32. The standard InChI is InChI=1S/C33H31F2NO7S.C16H28O4.C16H28O3.C15H18O6.C15H24O5.C15H18O5/c1-16(37)18-3-7-20(8-4-18)32(39)42-25-11-12-26(43-33(40)21-9-5-19(6-10-21)17(2)38)30-28(25)36-31(44-30)27-14-22-13-23(34)15-24(35)29(22)41-27;1-3-16(17)20-13-7-5-4-6-12-19-15-10-8-14(18-2)9-11-15;1-3-16(17)19-13-7-5-4-6-8-14-9-11-15(18-2)12-10-14;1-3-14(16)19-10-4-5-11-20-15(17)21-13-8-6-12(18-2)7-9-13;2*1-3-14(16)19-10-4-5-11-20-15(17)12-6-8-13(18-2)9-7-12/h11-15,18-21H,3-10H2,1-2H3;3,14-15H,1,4-13H2,2H3;3,14-15H,1,4-13H2,2H3;3,6-9H,1,4-5,10-11H2,2H3;3,12-13H,1,4-11H2,2H3;3,6-9H,1,4-5,10-11H2,2H3. The molecule has 34 heteroatoms. The number of Topliss-reactive ketones (excluding diaryl/α,β-unsaturated/α-hetero) is 2. The molecule has 31 nitrogen and oxygen atoms in total. The summed E-state index contributed by atoms with van der Waals surface area (Å²) in [5.41, 5.74) is 0.610. The van der Waals surface area contributed by atoms with Crippen molar-refractivity contribution in [1.82, 2.24) is 4.98 Å². The number of fused-ring (bicyclic) bond motifs is 2. The number of methoxy groups -OCH3 is 5. The van der Waals surface area contributed by atoms with Crippen LogP contribution in [0.3, 0.4) is 0 Å². The predicted octanol–water partition coefficient (Wildman–Crippen LogP) is 22.0. The van der Waals surface area contributed by atoms with Gasteiger partial charge in [0.05, 0.1) is 115 Å². The number of carbonyl (C=O) groups is 12. The number of unbranched alkanes of at least 4 members (excludes halogenated alkanes) is 9. The number of furan rings is 1. The lowest BCUT2D eigenvalue weighted by Crippen LogP contribution is -2.28. The fraction of sp³-hybridized carbons (Fsp3) is 0.555.